The van der Waals surface area contributed by atoms with Gasteiger partial charge in [-0.15, -0.1) is 16.6 Å². The minimum absolute atomic E-state index is 0.572. The number of likely N-dealkylation sites (tertiary alicyclic amines) is 3. The number of hydrazine groups is 6. The minimum Gasteiger partial charge on any atom is -0.306 e. The third-order valence-electron chi connectivity index (χ3n) is 23.4. The van der Waals surface area contributed by atoms with Crippen molar-refractivity contribution in [3.8, 4) is 0 Å². The van der Waals surface area contributed by atoms with E-state index in [1.54, 1.807) is 0 Å². The summed E-state index contributed by atoms with van der Waals surface area (Å²) < 4.78 is 0. The van der Waals surface area contributed by atoms with Gasteiger partial charge in [0.2, 0.25) is 0 Å². The lowest BCUT2D eigenvalue weighted by atomic mass is 9.68. The van der Waals surface area contributed by atoms with Crippen molar-refractivity contribution >= 4 is 0 Å². The second kappa shape index (κ2) is 21.7. The molecule has 13 aliphatic rings. The predicted molar refractivity (Wildman–Crippen MR) is 290 cm³/mol. The number of rotatable bonds is 15. The Balaban J connectivity index is 0.796. The van der Waals surface area contributed by atoms with E-state index in [0.29, 0.717) is 35.9 Å². The van der Waals surface area contributed by atoms with E-state index < -0.39 is 0 Å². The number of nitrogens with one attached hydrogen (secondary N) is 6. The Morgan fingerprint density at radius 3 is 0.903 bits per heavy atom. The van der Waals surface area contributed by atoms with Gasteiger partial charge >= 0.3 is 0 Å². The highest BCUT2D eigenvalue weighted by Crippen LogP contribution is 2.56. The molecule has 0 spiro atoms. The fourth-order valence-corrected chi connectivity index (χ4v) is 20.0. The molecule has 18 bridgehead atoms. The van der Waals surface area contributed by atoms with E-state index in [9.17, 15) is 0 Å². The van der Waals surface area contributed by atoms with Crippen LogP contribution in [0, 0.1) is 53.3 Å². The van der Waals surface area contributed by atoms with Crippen LogP contribution in [-0.2, 0) is 0 Å². The van der Waals surface area contributed by atoms with Crippen molar-refractivity contribution in [3.05, 3.63) is 35.7 Å². The molecule has 0 aromatic rings. The molecule has 7 heterocycles. The monoisotopic (exact) mass is 991 g/mol. The average molecular weight is 992 g/mol. The first kappa shape index (κ1) is 49.4. The van der Waals surface area contributed by atoms with Crippen molar-refractivity contribution in [2.75, 3.05) is 19.6 Å². The average Bonchev–Trinajstić information content (AvgIpc) is 4.30. The Hall–Kier alpha value is -2.22. The van der Waals surface area contributed by atoms with E-state index in [4.69, 9.17) is 0 Å². The molecule has 7 aliphatic heterocycles. The first-order valence-electron chi connectivity index (χ1n) is 31.9. The number of unbranched alkanes of at least 4 members (excludes halogenated alkanes) is 9. The molecular formula is C60H102N12. The van der Waals surface area contributed by atoms with Gasteiger partial charge in [0.25, 0.3) is 0 Å². The molecule has 18 atom stereocenters. The molecule has 0 radical (unpaired) electrons. The third kappa shape index (κ3) is 9.25. The van der Waals surface area contributed by atoms with Gasteiger partial charge in [0, 0.05) is 108 Å². The number of allylic oxidation sites excluding steroid dienone is 3. The summed E-state index contributed by atoms with van der Waals surface area (Å²) in [7, 11) is 0. The lowest BCUT2D eigenvalue weighted by Gasteiger charge is -2.40. The number of fused-ring (bicyclic) bond motifs is 15. The van der Waals surface area contributed by atoms with Crippen LogP contribution >= 0.6 is 0 Å². The highest BCUT2D eigenvalue weighted by atomic mass is 15.7. The third-order valence-corrected chi connectivity index (χ3v) is 23.4. The van der Waals surface area contributed by atoms with Gasteiger partial charge in [-0.3, -0.25) is 29.7 Å². The fraction of sp³-hybridized carbons (Fsp3) is 0.900. The van der Waals surface area contributed by atoms with Crippen LogP contribution in [0.25, 0.3) is 0 Å². The number of hydrogen-bond donors (Lipinski definition) is 6. The summed E-state index contributed by atoms with van der Waals surface area (Å²) in [6, 6.07) is 6.34. The van der Waals surface area contributed by atoms with Crippen LogP contribution in [0.5, 0.6) is 0 Å². The molecule has 402 valence electrons. The summed E-state index contributed by atoms with van der Waals surface area (Å²) >= 11 is 0. The van der Waals surface area contributed by atoms with Crippen LogP contribution < -0.4 is 32.9 Å². The van der Waals surface area contributed by atoms with Crippen LogP contribution in [0.3, 0.4) is 0 Å². The summed E-state index contributed by atoms with van der Waals surface area (Å²) in [5.74, 6) is 6.69. The maximum Gasteiger partial charge on any atom is 0.0484 e. The predicted octanol–water partition coefficient (Wildman–Crippen LogP) is 10.2. The van der Waals surface area contributed by atoms with Crippen molar-refractivity contribution in [1.82, 2.24) is 62.6 Å². The summed E-state index contributed by atoms with van der Waals surface area (Å²) in [6.45, 7) is 11.1. The molecule has 13 rings (SSSR count). The Kier molecular flexibility index (Phi) is 14.8. The molecule has 0 aromatic carbocycles. The fourth-order valence-electron chi connectivity index (χ4n) is 20.0. The summed E-state index contributed by atoms with van der Waals surface area (Å²) in [5.41, 5.74) is 27.7. The summed E-state index contributed by atoms with van der Waals surface area (Å²) in [5, 5.41) is 7.79. The van der Waals surface area contributed by atoms with Crippen LogP contribution in [-0.4, -0.2) is 104 Å². The zero-order valence-corrected chi connectivity index (χ0v) is 45.6. The molecule has 6 N–H and O–H groups in total. The second-order valence-electron chi connectivity index (χ2n) is 26.9. The maximum atomic E-state index is 3.89. The number of nitrogens with zero attached hydrogens (tertiary/aromatic N) is 6. The number of hydrogen-bond acceptors (Lipinski definition) is 12. The Morgan fingerprint density at radius 1 is 0.333 bits per heavy atom. The van der Waals surface area contributed by atoms with Gasteiger partial charge in [0.05, 0.1) is 0 Å². The standard InChI is InChI=1S/C60H102N12/c1-4-7-10-13-28-67-55-22-16-40-31-46(55)49-34-43(19-25-58(49)67)70-38-53(62-64-70)41-17-23-56-47(32-41)51-36-45(21-27-60(51)68(56)29-14-11-8-5-2)72-39-54(63-66-72)42-18-24-57-48(33-42)50-35-44(71-37-52(40)61-65-71)20-26-59(50)69(57)30-15-12-9-6-3/h37-51,55-66H,4-36H2,1-3H3. The lowest BCUT2D eigenvalue weighted by Crippen LogP contribution is -2.49. The van der Waals surface area contributed by atoms with Crippen molar-refractivity contribution in [2.24, 2.45) is 53.3 Å². The van der Waals surface area contributed by atoms with Crippen molar-refractivity contribution < 1.29 is 0 Å². The first-order chi connectivity index (χ1) is 35.5. The molecule has 0 aromatic heterocycles. The van der Waals surface area contributed by atoms with Crippen molar-refractivity contribution in [2.45, 2.75) is 268 Å². The molecule has 3 saturated heterocycles. The molecule has 18 unspecified atom stereocenters. The van der Waals surface area contributed by atoms with E-state index in [0.717, 1.165) is 71.8 Å². The smallest absolute Gasteiger partial charge is 0.0484 e. The van der Waals surface area contributed by atoms with Crippen LogP contribution in [0.2, 0.25) is 0 Å². The lowest BCUT2D eigenvalue weighted by molar-refractivity contribution is 0.0833. The van der Waals surface area contributed by atoms with Gasteiger partial charge in [0.15, 0.2) is 0 Å². The van der Waals surface area contributed by atoms with Gasteiger partial charge < -0.3 is 16.3 Å². The Morgan fingerprint density at radius 2 is 0.611 bits per heavy atom. The Bertz CT molecular complexity index is 1730. The van der Waals surface area contributed by atoms with E-state index in [1.807, 2.05) is 0 Å². The minimum atomic E-state index is 0.572. The molecule has 6 aliphatic carbocycles. The quantitative estimate of drug-likeness (QED) is 0.0884. The van der Waals surface area contributed by atoms with Gasteiger partial charge in [-0.25, -0.2) is 0 Å². The van der Waals surface area contributed by atoms with Crippen LogP contribution in [0.15, 0.2) is 35.7 Å². The van der Waals surface area contributed by atoms with Crippen molar-refractivity contribution in [1.29, 1.82) is 0 Å². The zero-order chi connectivity index (χ0) is 48.3. The van der Waals surface area contributed by atoms with E-state index in [-0.39, 0.29) is 0 Å². The van der Waals surface area contributed by atoms with Crippen molar-refractivity contribution in [3.63, 3.8) is 0 Å². The normalized spacial score (nSPS) is 43.2. The van der Waals surface area contributed by atoms with E-state index in [1.165, 1.54) is 229 Å². The highest BCUT2D eigenvalue weighted by Gasteiger charge is 2.57. The molecule has 9 fully saturated rings. The van der Waals surface area contributed by atoms with Gasteiger partial charge in [-0.1, -0.05) is 78.6 Å². The zero-order valence-electron chi connectivity index (χ0n) is 45.6. The molecule has 6 saturated carbocycles. The molecule has 12 heteroatoms. The van der Waals surface area contributed by atoms with Crippen LogP contribution in [0.4, 0.5) is 0 Å². The molecular weight excluding hydrogens is 889 g/mol. The van der Waals surface area contributed by atoms with Crippen LogP contribution in [0.1, 0.15) is 213 Å². The first-order valence-corrected chi connectivity index (χ1v) is 31.9. The largest absolute Gasteiger partial charge is 0.306 e. The SMILES string of the molecule is CCCCCCN1C2CCC3CC2C2CC(CCC21)N1C=C(NN1)C1CCC2C(C1)C1CC(CCC1N2CCCCCC)N1C=C(NN1)C1CCC2C(C1)C1CC(CCC1N2CCCCCC)N1C=C3NN1. The van der Waals surface area contributed by atoms with Gasteiger partial charge in [0.1, 0.15) is 0 Å². The van der Waals surface area contributed by atoms with Gasteiger partial charge in [-0.05, 0) is 190 Å². The van der Waals surface area contributed by atoms with E-state index in [2.05, 4.69) is 102 Å². The highest BCUT2D eigenvalue weighted by molar-refractivity contribution is 5.19. The molecule has 0 amide bonds. The summed E-state index contributed by atoms with van der Waals surface area (Å²) in [6.07, 6.45) is 48.5. The second-order valence-corrected chi connectivity index (χ2v) is 26.9. The molecule has 72 heavy (non-hydrogen) atoms. The maximum absolute atomic E-state index is 3.89. The van der Waals surface area contributed by atoms with E-state index >= 15 is 0 Å². The molecule has 12 nitrogen and oxygen atoms in total. The summed E-state index contributed by atoms with van der Waals surface area (Å²) in [4.78, 5) is 9.35. The topological polar surface area (TPSA) is 91.6 Å². The van der Waals surface area contributed by atoms with Gasteiger partial charge in [-0.2, -0.15) is 0 Å². The Labute approximate surface area is 437 Å².